The SMILES string of the molecule is COC(=O)c1cccc2c1CCCN2C(=O)[C@H]1C[C@H]1[N+](=O)[O-]. The first-order valence-corrected chi connectivity index (χ1v) is 7.19. The Morgan fingerprint density at radius 1 is 1.41 bits per heavy atom. The molecule has 1 aromatic rings. The van der Waals surface area contributed by atoms with E-state index in [0.717, 1.165) is 12.0 Å². The molecule has 2 aliphatic rings. The molecule has 7 nitrogen and oxygen atoms in total. The van der Waals surface area contributed by atoms with E-state index in [1.165, 1.54) is 7.11 Å². The molecule has 1 aliphatic carbocycles. The monoisotopic (exact) mass is 304 g/mol. The van der Waals surface area contributed by atoms with Crippen LogP contribution in [0.25, 0.3) is 0 Å². The number of esters is 1. The Kier molecular flexibility index (Phi) is 3.56. The Bertz CT molecular complexity index is 657. The van der Waals surface area contributed by atoms with Gasteiger partial charge in [0.05, 0.1) is 12.7 Å². The van der Waals surface area contributed by atoms with Gasteiger partial charge in [0.25, 0.3) is 0 Å². The number of nitrogens with zero attached hydrogens (tertiary/aromatic N) is 2. The summed E-state index contributed by atoms with van der Waals surface area (Å²) in [7, 11) is 1.32. The van der Waals surface area contributed by atoms with Gasteiger partial charge in [-0.1, -0.05) is 6.07 Å². The lowest BCUT2D eigenvalue weighted by atomic mass is 9.96. The zero-order valence-electron chi connectivity index (χ0n) is 12.2. The molecule has 0 aromatic heterocycles. The van der Waals surface area contributed by atoms with Crippen LogP contribution in [0.1, 0.15) is 28.8 Å². The molecule has 0 spiro atoms. The van der Waals surface area contributed by atoms with Crippen LogP contribution in [0, 0.1) is 16.0 Å². The summed E-state index contributed by atoms with van der Waals surface area (Å²) in [4.78, 5) is 36.3. The molecule has 1 aromatic carbocycles. The van der Waals surface area contributed by atoms with Crippen LogP contribution in [0.4, 0.5) is 5.69 Å². The first-order valence-electron chi connectivity index (χ1n) is 7.19. The highest BCUT2D eigenvalue weighted by molar-refractivity contribution is 6.00. The smallest absolute Gasteiger partial charge is 0.338 e. The van der Waals surface area contributed by atoms with Crippen LogP contribution in [0.3, 0.4) is 0 Å². The number of benzene rings is 1. The van der Waals surface area contributed by atoms with Crippen molar-refractivity contribution in [2.24, 2.45) is 5.92 Å². The molecular weight excluding hydrogens is 288 g/mol. The van der Waals surface area contributed by atoms with Gasteiger partial charge in [0.15, 0.2) is 0 Å². The fraction of sp³-hybridized carbons (Fsp3) is 0.467. The fourth-order valence-electron chi connectivity index (χ4n) is 3.03. The molecule has 1 amide bonds. The average molecular weight is 304 g/mol. The molecule has 1 saturated carbocycles. The molecule has 0 saturated heterocycles. The number of hydrogen-bond donors (Lipinski definition) is 0. The number of anilines is 1. The van der Waals surface area contributed by atoms with Crippen LogP contribution in [-0.4, -0.2) is 36.5 Å². The van der Waals surface area contributed by atoms with Crippen LogP contribution in [0.2, 0.25) is 0 Å². The van der Waals surface area contributed by atoms with E-state index in [4.69, 9.17) is 4.74 Å². The minimum atomic E-state index is -0.762. The molecular formula is C15H16N2O5. The van der Waals surface area contributed by atoms with Crippen LogP contribution >= 0.6 is 0 Å². The zero-order valence-corrected chi connectivity index (χ0v) is 12.2. The summed E-state index contributed by atoms with van der Waals surface area (Å²) in [5.74, 6) is -1.19. The molecule has 0 radical (unpaired) electrons. The summed E-state index contributed by atoms with van der Waals surface area (Å²) < 4.78 is 4.77. The lowest BCUT2D eigenvalue weighted by Gasteiger charge is -2.30. The Labute approximate surface area is 127 Å². The molecule has 7 heteroatoms. The summed E-state index contributed by atoms with van der Waals surface area (Å²) in [6, 6.07) is 4.40. The molecule has 0 unspecified atom stereocenters. The van der Waals surface area contributed by atoms with Crippen molar-refractivity contribution >= 4 is 17.6 Å². The Morgan fingerprint density at radius 3 is 2.82 bits per heavy atom. The van der Waals surface area contributed by atoms with Gasteiger partial charge in [-0.15, -0.1) is 0 Å². The predicted octanol–water partition coefficient (Wildman–Crippen LogP) is 1.42. The number of fused-ring (bicyclic) bond motifs is 1. The van der Waals surface area contributed by atoms with E-state index in [0.29, 0.717) is 30.6 Å². The van der Waals surface area contributed by atoms with Crippen LogP contribution in [0.15, 0.2) is 18.2 Å². The van der Waals surface area contributed by atoms with E-state index < -0.39 is 22.9 Å². The number of carbonyl (C=O) groups excluding carboxylic acids is 2. The normalized spacial score (nSPS) is 22.7. The average Bonchev–Trinajstić information content (AvgIpc) is 3.33. The molecule has 116 valence electrons. The number of amides is 1. The standard InChI is InChI=1S/C15H16N2O5/c1-22-15(19)10-4-2-6-12-9(10)5-3-7-16(12)14(18)11-8-13(11)17(20)21/h2,4,6,11,13H,3,5,7-8H2,1H3/t11-,13+/m0/s1. The number of carbonyl (C=O) groups is 2. The number of ether oxygens (including phenoxy) is 1. The van der Waals surface area contributed by atoms with Gasteiger partial charge >= 0.3 is 5.97 Å². The highest BCUT2D eigenvalue weighted by Crippen LogP contribution is 2.38. The van der Waals surface area contributed by atoms with Gasteiger partial charge in [-0.25, -0.2) is 4.79 Å². The largest absolute Gasteiger partial charge is 0.465 e. The van der Waals surface area contributed by atoms with Crippen molar-refractivity contribution in [1.29, 1.82) is 0 Å². The summed E-state index contributed by atoms with van der Waals surface area (Å²) in [6.45, 7) is 0.525. The highest BCUT2D eigenvalue weighted by atomic mass is 16.6. The lowest BCUT2D eigenvalue weighted by molar-refractivity contribution is -0.497. The van der Waals surface area contributed by atoms with Crippen molar-refractivity contribution < 1.29 is 19.2 Å². The maximum absolute atomic E-state index is 12.5. The van der Waals surface area contributed by atoms with Crippen molar-refractivity contribution in [3.63, 3.8) is 0 Å². The summed E-state index contributed by atoms with van der Waals surface area (Å²) >= 11 is 0. The van der Waals surface area contributed by atoms with Gasteiger partial charge in [0, 0.05) is 23.6 Å². The zero-order chi connectivity index (χ0) is 15.9. The summed E-state index contributed by atoms with van der Waals surface area (Å²) in [6.07, 6.45) is 1.71. The minimum Gasteiger partial charge on any atom is -0.465 e. The van der Waals surface area contributed by atoms with Crippen molar-refractivity contribution in [2.75, 3.05) is 18.6 Å². The summed E-state index contributed by atoms with van der Waals surface area (Å²) in [5.41, 5.74) is 1.92. The third-order valence-corrected chi connectivity index (χ3v) is 4.27. The Morgan fingerprint density at radius 2 is 2.18 bits per heavy atom. The number of nitro groups is 1. The molecule has 2 atom stereocenters. The molecule has 3 rings (SSSR count). The second-order valence-electron chi connectivity index (χ2n) is 5.58. The minimum absolute atomic E-state index is 0.218. The number of rotatable bonds is 3. The highest BCUT2D eigenvalue weighted by Gasteiger charge is 2.55. The van der Waals surface area contributed by atoms with E-state index in [9.17, 15) is 19.7 Å². The van der Waals surface area contributed by atoms with E-state index in [1.807, 2.05) is 0 Å². The molecule has 0 bridgehead atoms. The van der Waals surface area contributed by atoms with Gasteiger partial charge in [-0.2, -0.15) is 0 Å². The lowest BCUT2D eigenvalue weighted by Crippen LogP contribution is -2.38. The van der Waals surface area contributed by atoms with Gasteiger partial charge in [0.1, 0.15) is 5.92 Å². The van der Waals surface area contributed by atoms with Gasteiger partial charge in [-0.05, 0) is 30.5 Å². The van der Waals surface area contributed by atoms with Crippen LogP contribution < -0.4 is 4.90 Å². The number of hydrogen-bond acceptors (Lipinski definition) is 5. The molecule has 0 N–H and O–H groups in total. The quantitative estimate of drug-likeness (QED) is 0.478. The Hall–Kier alpha value is -2.44. The third kappa shape index (κ3) is 2.32. The maximum Gasteiger partial charge on any atom is 0.338 e. The molecule has 1 fully saturated rings. The van der Waals surface area contributed by atoms with E-state index in [-0.39, 0.29) is 5.91 Å². The van der Waals surface area contributed by atoms with Crippen LogP contribution in [0.5, 0.6) is 0 Å². The second-order valence-corrected chi connectivity index (χ2v) is 5.58. The first-order chi connectivity index (χ1) is 10.5. The molecule has 22 heavy (non-hydrogen) atoms. The van der Waals surface area contributed by atoms with Gasteiger partial charge in [0.2, 0.25) is 11.9 Å². The van der Waals surface area contributed by atoms with Crippen LogP contribution in [-0.2, 0) is 16.0 Å². The van der Waals surface area contributed by atoms with E-state index in [1.54, 1.807) is 23.1 Å². The van der Waals surface area contributed by atoms with Crippen molar-refractivity contribution in [1.82, 2.24) is 0 Å². The summed E-state index contributed by atoms with van der Waals surface area (Å²) in [5, 5.41) is 10.8. The fourth-order valence-corrected chi connectivity index (χ4v) is 3.03. The topological polar surface area (TPSA) is 89.8 Å². The van der Waals surface area contributed by atoms with Gasteiger partial charge in [-0.3, -0.25) is 14.9 Å². The molecule has 1 heterocycles. The molecule has 1 aliphatic heterocycles. The second kappa shape index (κ2) is 5.40. The van der Waals surface area contributed by atoms with Crippen molar-refractivity contribution in [3.8, 4) is 0 Å². The predicted molar refractivity (Wildman–Crippen MR) is 77.3 cm³/mol. The van der Waals surface area contributed by atoms with Gasteiger partial charge < -0.3 is 9.64 Å². The van der Waals surface area contributed by atoms with Crippen molar-refractivity contribution in [2.45, 2.75) is 25.3 Å². The third-order valence-electron chi connectivity index (χ3n) is 4.27. The van der Waals surface area contributed by atoms with Crippen molar-refractivity contribution in [3.05, 3.63) is 39.4 Å². The van der Waals surface area contributed by atoms with E-state index >= 15 is 0 Å². The maximum atomic E-state index is 12.5. The first kappa shape index (κ1) is 14.5. The van der Waals surface area contributed by atoms with E-state index in [2.05, 4.69) is 0 Å². The number of methoxy groups -OCH3 is 1. The Balaban J connectivity index is 1.91.